The van der Waals surface area contributed by atoms with E-state index >= 15 is 0 Å². The van der Waals surface area contributed by atoms with Gasteiger partial charge in [0.2, 0.25) is 10.0 Å². The quantitative estimate of drug-likeness (QED) is 0.916. The summed E-state index contributed by atoms with van der Waals surface area (Å²) < 4.78 is 23.5. The Morgan fingerprint density at radius 1 is 1.04 bits per heavy atom. The number of nitrogens with zero attached hydrogens (tertiary/aromatic N) is 1. The minimum absolute atomic E-state index is 0.0817. The lowest BCUT2D eigenvalue weighted by atomic mass is 9.86. The summed E-state index contributed by atoms with van der Waals surface area (Å²) in [6.45, 7) is 1.69. The lowest BCUT2D eigenvalue weighted by molar-refractivity contribution is -0.126. The number of hydrogen-bond acceptors (Lipinski definition) is 4. The predicted octanol–water partition coefficient (Wildman–Crippen LogP) is 2.03. The van der Waals surface area contributed by atoms with Crippen molar-refractivity contribution in [3.8, 4) is 0 Å². The number of likely N-dealkylation sites (tertiary alicyclic amines) is 1. The zero-order valence-electron chi connectivity index (χ0n) is 13.3. The average Bonchev–Trinajstić information content (AvgIpc) is 2.55. The first kappa shape index (κ1) is 16.6. The van der Waals surface area contributed by atoms with Crippen molar-refractivity contribution < 1.29 is 13.2 Å². The van der Waals surface area contributed by atoms with Crippen molar-refractivity contribution in [3.05, 3.63) is 29.8 Å². The Labute approximate surface area is 137 Å². The van der Waals surface area contributed by atoms with Crippen LogP contribution < -0.4 is 5.14 Å². The topological polar surface area (TPSA) is 80.5 Å². The highest BCUT2D eigenvalue weighted by Crippen LogP contribution is 2.33. The lowest BCUT2D eigenvalue weighted by Gasteiger charge is -2.38. The van der Waals surface area contributed by atoms with E-state index < -0.39 is 10.0 Å². The number of hydrogen-bond donors (Lipinski definition) is 1. The first-order valence-electron chi connectivity index (χ1n) is 8.35. The number of carbonyl (C=O) groups is 1. The van der Waals surface area contributed by atoms with Crippen LogP contribution in [0.3, 0.4) is 0 Å². The van der Waals surface area contributed by atoms with Gasteiger partial charge in [-0.15, -0.1) is 0 Å². The average molecular weight is 336 g/mol. The zero-order valence-corrected chi connectivity index (χ0v) is 14.1. The van der Waals surface area contributed by atoms with Gasteiger partial charge in [-0.3, -0.25) is 9.69 Å². The van der Waals surface area contributed by atoms with Gasteiger partial charge in [-0.25, -0.2) is 13.6 Å². The second-order valence-electron chi connectivity index (χ2n) is 6.62. The molecule has 1 atom stereocenters. The maximum Gasteiger partial charge on any atom is 0.238 e. The summed E-state index contributed by atoms with van der Waals surface area (Å²) in [5.41, 5.74) is 0.824. The molecule has 1 aromatic carbocycles. The van der Waals surface area contributed by atoms with Crippen LogP contribution in [-0.4, -0.2) is 38.2 Å². The number of rotatable bonds is 3. The molecule has 2 fully saturated rings. The van der Waals surface area contributed by atoms with Gasteiger partial charge in [0.25, 0.3) is 0 Å². The molecular formula is C17H24N2O3S. The van der Waals surface area contributed by atoms with E-state index in [4.69, 9.17) is 5.14 Å². The summed E-state index contributed by atoms with van der Waals surface area (Å²) in [7, 11) is -3.69. The first-order chi connectivity index (χ1) is 11.0. The molecule has 0 spiro atoms. The van der Waals surface area contributed by atoms with E-state index in [9.17, 15) is 13.2 Å². The van der Waals surface area contributed by atoms with Crippen molar-refractivity contribution in [2.24, 2.45) is 5.14 Å². The molecule has 0 bridgehead atoms. The summed E-state index contributed by atoms with van der Waals surface area (Å²) in [6.07, 6.45) is 5.57. The first-order valence-corrected chi connectivity index (χ1v) is 9.90. The molecule has 1 heterocycles. The Hall–Kier alpha value is -1.24. The van der Waals surface area contributed by atoms with Crippen molar-refractivity contribution in [1.29, 1.82) is 0 Å². The molecule has 5 nitrogen and oxygen atoms in total. The second kappa shape index (κ2) is 6.71. The van der Waals surface area contributed by atoms with Crippen molar-refractivity contribution in [3.63, 3.8) is 0 Å². The van der Waals surface area contributed by atoms with Crippen LogP contribution in [0.25, 0.3) is 0 Å². The van der Waals surface area contributed by atoms with E-state index in [1.807, 2.05) is 12.1 Å². The summed E-state index contributed by atoms with van der Waals surface area (Å²) >= 11 is 0. The number of Topliss-reactive ketones (excluding diaryl/α,β-unsaturated/α-hetero) is 1. The molecular weight excluding hydrogens is 312 g/mol. The van der Waals surface area contributed by atoms with Gasteiger partial charge in [0.15, 0.2) is 0 Å². The third-order valence-corrected chi connectivity index (χ3v) is 6.14. The summed E-state index contributed by atoms with van der Waals surface area (Å²) in [6, 6.07) is 7.10. The highest BCUT2D eigenvalue weighted by molar-refractivity contribution is 7.89. The highest BCUT2D eigenvalue weighted by Gasteiger charge is 2.32. The Morgan fingerprint density at radius 3 is 2.39 bits per heavy atom. The molecule has 2 N–H and O–H groups in total. The second-order valence-corrected chi connectivity index (χ2v) is 8.15. The van der Waals surface area contributed by atoms with Crippen molar-refractivity contribution in [1.82, 2.24) is 4.90 Å². The molecule has 0 aromatic heterocycles. The van der Waals surface area contributed by atoms with E-state index in [1.165, 1.54) is 0 Å². The van der Waals surface area contributed by atoms with Crippen LogP contribution in [0.2, 0.25) is 0 Å². The number of ketones is 1. The van der Waals surface area contributed by atoms with Gasteiger partial charge in [-0.05, 0) is 56.3 Å². The van der Waals surface area contributed by atoms with Crippen molar-refractivity contribution >= 4 is 15.8 Å². The normalized spacial score (nSPS) is 24.7. The fraction of sp³-hybridized carbons (Fsp3) is 0.588. The predicted molar refractivity (Wildman–Crippen MR) is 88.6 cm³/mol. The SMILES string of the molecule is NS(=O)(=O)c1ccccc1C1CCN(C2CCCCC2=O)CC1. The number of sulfonamides is 1. The van der Waals surface area contributed by atoms with Crippen LogP contribution >= 0.6 is 0 Å². The largest absolute Gasteiger partial charge is 0.298 e. The Bertz CT molecular complexity index is 679. The molecule has 1 saturated heterocycles. The van der Waals surface area contributed by atoms with Gasteiger partial charge in [-0.1, -0.05) is 24.6 Å². The summed E-state index contributed by atoms with van der Waals surface area (Å²) in [4.78, 5) is 14.6. The van der Waals surface area contributed by atoms with Crippen LogP contribution in [0.15, 0.2) is 29.2 Å². The Kier molecular flexibility index (Phi) is 4.85. The van der Waals surface area contributed by atoms with Gasteiger partial charge in [0, 0.05) is 6.42 Å². The molecule has 3 rings (SSSR count). The minimum atomic E-state index is -3.69. The highest BCUT2D eigenvalue weighted by atomic mass is 32.2. The van der Waals surface area contributed by atoms with Gasteiger partial charge in [0.05, 0.1) is 10.9 Å². The maximum absolute atomic E-state index is 12.1. The minimum Gasteiger partial charge on any atom is -0.298 e. The summed E-state index contributed by atoms with van der Waals surface area (Å²) in [5.74, 6) is 0.569. The monoisotopic (exact) mass is 336 g/mol. The number of benzene rings is 1. The van der Waals surface area contributed by atoms with E-state index in [-0.39, 0.29) is 16.9 Å². The van der Waals surface area contributed by atoms with Crippen LogP contribution in [0.1, 0.15) is 50.0 Å². The zero-order chi connectivity index (χ0) is 16.4. The van der Waals surface area contributed by atoms with Gasteiger partial charge >= 0.3 is 0 Å². The van der Waals surface area contributed by atoms with E-state index in [0.717, 1.165) is 50.8 Å². The molecule has 0 amide bonds. The number of piperidine rings is 1. The van der Waals surface area contributed by atoms with Crippen LogP contribution in [-0.2, 0) is 14.8 Å². The number of carbonyl (C=O) groups excluding carboxylic acids is 1. The van der Waals surface area contributed by atoms with Gasteiger partial charge in [0.1, 0.15) is 5.78 Å². The molecule has 2 aliphatic rings. The van der Waals surface area contributed by atoms with Crippen LogP contribution in [0.5, 0.6) is 0 Å². The van der Waals surface area contributed by atoms with Crippen molar-refractivity contribution in [2.75, 3.05) is 13.1 Å². The fourth-order valence-corrected chi connectivity index (χ4v) is 4.78. The maximum atomic E-state index is 12.1. The molecule has 6 heteroatoms. The lowest BCUT2D eigenvalue weighted by Crippen LogP contribution is -2.46. The fourth-order valence-electron chi connectivity index (χ4n) is 3.95. The van der Waals surface area contributed by atoms with Gasteiger partial charge < -0.3 is 0 Å². The molecule has 1 saturated carbocycles. The van der Waals surface area contributed by atoms with E-state index in [2.05, 4.69) is 4.90 Å². The Balaban J connectivity index is 1.71. The van der Waals surface area contributed by atoms with Gasteiger partial charge in [-0.2, -0.15) is 0 Å². The van der Waals surface area contributed by atoms with Crippen LogP contribution in [0, 0.1) is 0 Å². The summed E-state index contributed by atoms with van der Waals surface area (Å²) in [5, 5.41) is 5.34. The van der Waals surface area contributed by atoms with E-state index in [0.29, 0.717) is 12.2 Å². The molecule has 1 aliphatic carbocycles. The molecule has 0 radical (unpaired) electrons. The molecule has 1 aromatic rings. The smallest absolute Gasteiger partial charge is 0.238 e. The Morgan fingerprint density at radius 2 is 1.74 bits per heavy atom. The molecule has 1 aliphatic heterocycles. The molecule has 126 valence electrons. The van der Waals surface area contributed by atoms with Crippen molar-refractivity contribution in [2.45, 2.75) is 55.4 Å². The number of primary sulfonamides is 1. The third-order valence-electron chi connectivity index (χ3n) is 5.16. The number of nitrogens with two attached hydrogens (primary N) is 1. The molecule has 1 unspecified atom stereocenters. The third kappa shape index (κ3) is 3.65. The molecule has 23 heavy (non-hydrogen) atoms. The standard InChI is InChI=1S/C17H24N2O3S/c18-23(21,22)17-8-4-1-5-14(17)13-9-11-19(12-10-13)15-6-2-3-7-16(15)20/h1,4-5,8,13,15H,2-3,6-7,9-12H2,(H2,18,21,22). The van der Waals surface area contributed by atoms with Crippen LogP contribution in [0.4, 0.5) is 0 Å². The van der Waals surface area contributed by atoms with E-state index in [1.54, 1.807) is 12.1 Å².